The molecule has 1 fully saturated rings. The molecule has 1 aliphatic rings. The second-order valence-corrected chi connectivity index (χ2v) is 4.50. The van der Waals surface area contributed by atoms with Crippen molar-refractivity contribution in [2.75, 3.05) is 32.9 Å². The maximum Gasteiger partial charge on any atom is 0.129 e. The van der Waals surface area contributed by atoms with Gasteiger partial charge in [0.15, 0.2) is 0 Å². The molecule has 1 aromatic carbocycles. The molecule has 2 rings (SSSR count). The van der Waals surface area contributed by atoms with Crippen molar-refractivity contribution in [1.82, 2.24) is 10.2 Å². The normalized spacial score (nSPS) is 19.2. The molecule has 0 aromatic heterocycles. The Morgan fingerprint density at radius 3 is 2.65 bits per heavy atom. The monoisotopic (exact) mass is 260 g/mol. The van der Waals surface area contributed by atoms with Crippen LogP contribution in [0.3, 0.4) is 0 Å². The Bertz CT molecular complexity index is 361. The molecule has 94 valence electrons. The summed E-state index contributed by atoms with van der Waals surface area (Å²) in [7, 11) is 0. The molecule has 0 radical (unpaired) electrons. The van der Waals surface area contributed by atoms with Crippen LogP contribution >= 0.6 is 11.6 Å². The highest BCUT2D eigenvalue weighted by molar-refractivity contribution is 6.31. The predicted octanol–water partition coefficient (Wildman–Crippen LogP) is 2.39. The standard InChI is InChI=1S/C12H15ClF2N2/c13-9-2-1-3-10(15)12(9)11(8-14)17-6-4-16-5-7-17/h1-3,11,16H,4-8H2/t11-/m0/s1. The van der Waals surface area contributed by atoms with Crippen LogP contribution in [-0.2, 0) is 0 Å². The first kappa shape index (κ1) is 12.7. The van der Waals surface area contributed by atoms with Crippen LogP contribution in [0, 0.1) is 5.82 Å². The number of hydrogen-bond acceptors (Lipinski definition) is 2. The van der Waals surface area contributed by atoms with Crippen molar-refractivity contribution in [2.24, 2.45) is 0 Å². The molecule has 1 heterocycles. The molecular weight excluding hydrogens is 246 g/mol. The van der Waals surface area contributed by atoms with Gasteiger partial charge in [0.05, 0.1) is 6.04 Å². The molecule has 1 saturated heterocycles. The molecule has 1 atom stereocenters. The number of piperazine rings is 1. The molecule has 1 aromatic rings. The van der Waals surface area contributed by atoms with Crippen molar-refractivity contribution in [3.05, 3.63) is 34.6 Å². The van der Waals surface area contributed by atoms with Crippen molar-refractivity contribution < 1.29 is 8.78 Å². The summed E-state index contributed by atoms with van der Waals surface area (Å²) in [4.78, 5) is 1.93. The van der Waals surface area contributed by atoms with Crippen LogP contribution in [0.1, 0.15) is 11.6 Å². The van der Waals surface area contributed by atoms with Crippen molar-refractivity contribution in [3.8, 4) is 0 Å². The van der Waals surface area contributed by atoms with Gasteiger partial charge < -0.3 is 5.32 Å². The molecule has 0 amide bonds. The third-order valence-corrected chi connectivity index (χ3v) is 3.40. The van der Waals surface area contributed by atoms with E-state index in [2.05, 4.69) is 5.32 Å². The van der Waals surface area contributed by atoms with Gasteiger partial charge in [-0.1, -0.05) is 17.7 Å². The summed E-state index contributed by atoms with van der Waals surface area (Å²) in [6, 6.07) is 3.89. The number of halogens is 3. The molecular formula is C12H15ClF2N2. The average molecular weight is 261 g/mol. The lowest BCUT2D eigenvalue weighted by molar-refractivity contribution is 0.144. The van der Waals surface area contributed by atoms with Gasteiger partial charge in [0.2, 0.25) is 0 Å². The molecule has 17 heavy (non-hydrogen) atoms. The van der Waals surface area contributed by atoms with E-state index in [1.54, 1.807) is 6.07 Å². The van der Waals surface area contributed by atoms with Gasteiger partial charge in [-0.05, 0) is 12.1 Å². The molecule has 1 N–H and O–H groups in total. The van der Waals surface area contributed by atoms with E-state index in [-0.39, 0.29) is 5.56 Å². The van der Waals surface area contributed by atoms with Crippen LogP contribution in [0.5, 0.6) is 0 Å². The van der Waals surface area contributed by atoms with E-state index < -0.39 is 18.5 Å². The molecule has 0 aliphatic carbocycles. The lowest BCUT2D eigenvalue weighted by atomic mass is 10.0. The maximum absolute atomic E-state index is 13.7. The minimum absolute atomic E-state index is 0.276. The highest BCUT2D eigenvalue weighted by Gasteiger charge is 2.26. The van der Waals surface area contributed by atoms with Gasteiger partial charge in [-0.25, -0.2) is 8.78 Å². The Balaban J connectivity index is 2.27. The highest BCUT2D eigenvalue weighted by Crippen LogP contribution is 2.30. The van der Waals surface area contributed by atoms with E-state index in [1.165, 1.54) is 12.1 Å². The summed E-state index contributed by atoms with van der Waals surface area (Å²) < 4.78 is 26.9. The van der Waals surface area contributed by atoms with Crippen molar-refractivity contribution in [2.45, 2.75) is 6.04 Å². The van der Waals surface area contributed by atoms with Gasteiger partial charge in [-0.2, -0.15) is 0 Å². The fourth-order valence-corrected chi connectivity index (χ4v) is 2.47. The van der Waals surface area contributed by atoms with Crippen molar-refractivity contribution >= 4 is 11.6 Å². The molecule has 2 nitrogen and oxygen atoms in total. The largest absolute Gasteiger partial charge is 0.314 e. The zero-order valence-corrected chi connectivity index (χ0v) is 10.2. The first-order chi connectivity index (χ1) is 8.24. The van der Waals surface area contributed by atoms with Gasteiger partial charge in [0, 0.05) is 36.8 Å². The van der Waals surface area contributed by atoms with Crippen LogP contribution in [0.4, 0.5) is 8.78 Å². The molecule has 5 heteroatoms. The molecule has 0 bridgehead atoms. The Kier molecular flexibility index (Phi) is 4.31. The van der Waals surface area contributed by atoms with E-state index in [0.717, 1.165) is 13.1 Å². The summed E-state index contributed by atoms with van der Waals surface area (Å²) in [5, 5.41) is 3.48. The Morgan fingerprint density at radius 2 is 2.06 bits per heavy atom. The first-order valence-corrected chi connectivity index (χ1v) is 6.06. The van der Waals surface area contributed by atoms with Gasteiger partial charge >= 0.3 is 0 Å². The van der Waals surface area contributed by atoms with Gasteiger partial charge in [-0.15, -0.1) is 0 Å². The highest BCUT2D eigenvalue weighted by atomic mass is 35.5. The summed E-state index contributed by atoms with van der Waals surface area (Å²) in [5.41, 5.74) is 0.276. The fraction of sp³-hybridized carbons (Fsp3) is 0.500. The fourth-order valence-electron chi connectivity index (χ4n) is 2.18. The van der Waals surface area contributed by atoms with E-state index in [4.69, 9.17) is 11.6 Å². The van der Waals surface area contributed by atoms with Crippen LogP contribution < -0.4 is 5.32 Å². The van der Waals surface area contributed by atoms with Gasteiger partial charge in [-0.3, -0.25) is 4.90 Å². The Morgan fingerprint density at radius 1 is 1.35 bits per heavy atom. The topological polar surface area (TPSA) is 15.3 Å². The van der Waals surface area contributed by atoms with Crippen molar-refractivity contribution in [3.63, 3.8) is 0 Å². The summed E-state index contributed by atoms with van der Waals surface area (Å²) in [6.07, 6.45) is 0. The zero-order valence-electron chi connectivity index (χ0n) is 9.43. The quantitative estimate of drug-likeness (QED) is 0.898. The van der Waals surface area contributed by atoms with E-state index in [9.17, 15) is 8.78 Å². The summed E-state index contributed by atoms with van der Waals surface area (Å²) in [5.74, 6) is -0.432. The number of hydrogen-bond donors (Lipinski definition) is 1. The minimum atomic E-state index is -0.624. The molecule has 1 aliphatic heterocycles. The predicted molar refractivity (Wildman–Crippen MR) is 64.6 cm³/mol. The van der Waals surface area contributed by atoms with Crippen molar-refractivity contribution in [1.29, 1.82) is 0 Å². The third-order valence-electron chi connectivity index (χ3n) is 3.07. The Labute approximate surface area is 105 Å². The number of nitrogens with zero attached hydrogens (tertiary/aromatic N) is 1. The second-order valence-electron chi connectivity index (χ2n) is 4.09. The lowest BCUT2D eigenvalue weighted by Crippen LogP contribution is -2.46. The van der Waals surface area contributed by atoms with Crippen LogP contribution in [-0.4, -0.2) is 37.8 Å². The van der Waals surface area contributed by atoms with Crippen LogP contribution in [0.2, 0.25) is 5.02 Å². The SMILES string of the molecule is FC[C@@H](c1c(F)cccc1Cl)N1CCNCC1. The first-order valence-electron chi connectivity index (χ1n) is 5.68. The van der Waals surface area contributed by atoms with Crippen LogP contribution in [0.15, 0.2) is 18.2 Å². The maximum atomic E-state index is 13.7. The average Bonchev–Trinajstić information content (AvgIpc) is 2.35. The second kappa shape index (κ2) is 5.76. The zero-order chi connectivity index (χ0) is 12.3. The molecule has 0 unspecified atom stereocenters. The van der Waals surface area contributed by atoms with E-state index >= 15 is 0 Å². The van der Waals surface area contributed by atoms with E-state index in [0.29, 0.717) is 18.1 Å². The number of rotatable bonds is 3. The summed E-state index contributed by atoms with van der Waals surface area (Å²) >= 11 is 5.97. The van der Waals surface area contributed by atoms with Gasteiger partial charge in [0.1, 0.15) is 12.5 Å². The molecule has 0 spiro atoms. The number of alkyl halides is 1. The molecule has 0 saturated carbocycles. The Hall–Kier alpha value is -0.710. The third kappa shape index (κ3) is 2.76. The number of nitrogens with one attached hydrogen (secondary N) is 1. The minimum Gasteiger partial charge on any atom is -0.314 e. The van der Waals surface area contributed by atoms with E-state index in [1.807, 2.05) is 4.90 Å². The number of benzene rings is 1. The van der Waals surface area contributed by atoms with Gasteiger partial charge in [0.25, 0.3) is 0 Å². The lowest BCUT2D eigenvalue weighted by Gasteiger charge is -2.34. The van der Waals surface area contributed by atoms with Crippen LogP contribution in [0.25, 0.3) is 0 Å². The summed E-state index contributed by atoms with van der Waals surface area (Å²) in [6.45, 7) is 2.38. The smallest absolute Gasteiger partial charge is 0.129 e.